The number of carbonyl (C=O) groups excluding carboxylic acids is 1. The summed E-state index contributed by atoms with van der Waals surface area (Å²) in [7, 11) is 0. The summed E-state index contributed by atoms with van der Waals surface area (Å²) in [5.74, 6) is -1.48. The Morgan fingerprint density at radius 3 is 2.57 bits per heavy atom. The molecule has 3 aromatic rings. The molecule has 6 nitrogen and oxygen atoms in total. The molecule has 0 bridgehead atoms. The predicted octanol–water partition coefficient (Wildman–Crippen LogP) is 3.74. The third kappa shape index (κ3) is 4.98. The zero-order valence-corrected chi connectivity index (χ0v) is 17.5. The molecular formula is C21H19Cl2FN4O2. The number of nitrogens with one attached hydrogen (secondary N) is 1. The van der Waals surface area contributed by atoms with Crippen LogP contribution in [0.1, 0.15) is 11.1 Å². The van der Waals surface area contributed by atoms with Gasteiger partial charge in [-0.1, -0.05) is 41.4 Å². The van der Waals surface area contributed by atoms with E-state index in [4.69, 9.17) is 28.9 Å². The fraction of sp³-hybridized carbons (Fsp3) is 0.190. The summed E-state index contributed by atoms with van der Waals surface area (Å²) in [6, 6.07) is 10.9. The summed E-state index contributed by atoms with van der Waals surface area (Å²) in [4.78, 5) is 24.5. The van der Waals surface area contributed by atoms with Gasteiger partial charge < -0.3 is 11.1 Å². The molecular weight excluding hydrogens is 430 g/mol. The molecule has 0 saturated carbocycles. The normalized spacial score (nSPS) is 11.9. The second-order valence-electron chi connectivity index (χ2n) is 6.83. The standard InChI is InChI=1S/C21H19Cl2FN4O2/c1-12-2-7-16(9-17(12)22)28-21(30)19(23)18(11-27-28)26-10-14(20(25)29)8-13-3-5-15(24)6-4-13/h2-7,9,11,14,26H,8,10H2,1H3,(H2,25,29). The van der Waals surface area contributed by atoms with Gasteiger partial charge in [0.25, 0.3) is 5.56 Å². The smallest absolute Gasteiger partial charge is 0.292 e. The van der Waals surface area contributed by atoms with E-state index >= 15 is 0 Å². The van der Waals surface area contributed by atoms with Crippen molar-refractivity contribution < 1.29 is 9.18 Å². The Morgan fingerprint density at radius 2 is 1.93 bits per heavy atom. The molecule has 1 aromatic heterocycles. The van der Waals surface area contributed by atoms with Gasteiger partial charge in [0.1, 0.15) is 10.8 Å². The SMILES string of the molecule is Cc1ccc(-n2ncc(NCC(Cc3ccc(F)cc3)C(N)=O)c(Cl)c2=O)cc1Cl. The summed E-state index contributed by atoms with van der Waals surface area (Å²) in [6.07, 6.45) is 1.71. The highest BCUT2D eigenvalue weighted by atomic mass is 35.5. The van der Waals surface area contributed by atoms with E-state index in [9.17, 15) is 14.0 Å². The first-order chi connectivity index (χ1) is 14.3. The first kappa shape index (κ1) is 21.8. The van der Waals surface area contributed by atoms with Gasteiger partial charge in [0.15, 0.2) is 0 Å². The summed E-state index contributed by atoms with van der Waals surface area (Å²) in [5.41, 5.74) is 7.36. The molecule has 0 aliphatic carbocycles. The molecule has 1 atom stereocenters. The van der Waals surface area contributed by atoms with Crippen molar-refractivity contribution in [2.75, 3.05) is 11.9 Å². The van der Waals surface area contributed by atoms with Gasteiger partial charge in [-0.25, -0.2) is 4.39 Å². The monoisotopic (exact) mass is 448 g/mol. The molecule has 30 heavy (non-hydrogen) atoms. The van der Waals surface area contributed by atoms with Crippen LogP contribution in [0, 0.1) is 18.7 Å². The zero-order valence-electron chi connectivity index (χ0n) is 16.0. The average molecular weight is 449 g/mol. The summed E-state index contributed by atoms with van der Waals surface area (Å²) in [5, 5.41) is 7.52. The highest BCUT2D eigenvalue weighted by Crippen LogP contribution is 2.21. The largest absolute Gasteiger partial charge is 0.382 e. The van der Waals surface area contributed by atoms with E-state index in [-0.39, 0.29) is 23.1 Å². The van der Waals surface area contributed by atoms with E-state index in [1.807, 2.05) is 6.92 Å². The first-order valence-corrected chi connectivity index (χ1v) is 9.84. The van der Waals surface area contributed by atoms with Crippen LogP contribution in [0.4, 0.5) is 10.1 Å². The maximum atomic E-state index is 13.1. The van der Waals surface area contributed by atoms with Crippen LogP contribution in [0.15, 0.2) is 53.5 Å². The number of aryl methyl sites for hydroxylation is 1. The van der Waals surface area contributed by atoms with Gasteiger partial charge in [-0.3, -0.25) is 9.59 Å². The number of nitrogens with zero attached hydrogens (tertiary/aromatic N) is 2. The number of benzene rings is 2. The lowest BCUT2D eigenvalue weighted by molar-refractivity contribution is -0.121. The molecule has 0 aliphatic heterocycles. The molecule has 3 rings (SSSR count). The molecule has 0 spiro atoms. The van der Waals surface area contributed by atoms with Crippen molar-refractivity contribution in [1.82, 2.24) is 9.78 Å². The number of primary amides is 1. The van der Waals surface area contributed by atoms with Gasteiger partial charge in [0.05, 0.1) is 23.5 Å². The zero-order chi connectivity index (χ0) is 21.8. The van der Waals surface area contributed by atoms with E-state index in [0.717, 1.165) is 15.8 Å². The quantitative estimate of drug-likeness (QED) is 0.575. The third-order valence-electron chi connectivity index (χ3n) is 4.66. The highest BCUT2D eigenvalue weighted by Gasteiger charge is 2.18. The van der Waals surface area contributed by atoms with Crippen LogP contribution in [0.5, 0.6) is 0 Å². The van der Waals surface area contributed by atoms with Crippen LogP contribution in [0.3, 0.4) is 0 Å². The average Bonchev–Trinajstić information content (AvgIpc) is 2.71. The minimum absolute atomic E-state index is 0.0771. The molecule has 1 heterocycles. The van der Waals surface area contributed by atoms with Crippen molar-refractivity contribution in [2.45, 2.75) is 13.3 Å². The van der Waals surface area contributed by atoms with Gasteiger partial charge in [-0.05, 0) is 48.7 Å². The van der Waals surface area contributed by atoms with Crippen LogP contribution in [0.2, 0.25) is 10.0 Å². The Kier molecular flexibility index (Phi) is 6.74. The van der Waals surface area contributed by atoms with Gasteiger partial charge >= 0.3 is 0 Å². The third-order valence-corrected chi connectivity index (χ3v) is 5.43. The number of carbonyl (C=O) groups is 1. The van der Waals surface area contributed by atoms with E-state index in [0.29, 0.717) is 17.1 Å². The van der Waals surface area contributed by atoms with Gasteiger partial charge in [-0.2, -0.15) is 9.78 Å². The Labute approximate surface area is 182 Å². The number of rotatable bonds is 7. The number of nitrogens with two attached hydrogens (primary N) is 1. The van der Waals surface area contributed by atoms with Crippen LogP contribution in [-0.2, 0) is 11.2 Å². The van der Waals surface area contributed by atoms with Crippen molar-refractivity contribution in [1.29, 1.82) is 0 Å². The molecule has 0 radical (unpaired) electrons. The molecule has 3 N–H and O–H groups in total. The molecule has 1 unspecified atom stereocenters. The second-order valence-corrected chi connectivity index (χ2v) is 7.62. The van der Waals surface area contributed by atoms with E-state index in [1.54, 1.807) is 30.3 Å². The van der Waals surface area contributed by atoms with E-state index in [1.165, 1.54) is 18.3 Å². The highest BCUT2D eigenvalue weighted by molar-refractivity contribution is 6.33. The van der Waals surface area contributed by atoms with Crippen molar-refractivity contribution in [3.63, 3.8) is 0 Å². The molecule has 2 aromatic carbocycles. The number of halogens is 3. The van der Waals surface area contributed by atoms with Gasteiger partial charge in [-0.15, -0.1) is 0 Å². The molecule has 0 aliphatic rings. The Hall–Kier alpha value is -2.90. The first-order valence-electron chi connectivity index (χ1n) is 9.08. The molecule has 0 saturated heterocycles. The van der Waals surface area contributed by atoms with Crippen molar-refractivity contribution >= 4 is 34.8 Å². The Morgan fingerprint density at radius 1 is 1.23 bits per heavy atom. The predicted molar refractivity (Wildman–Crippen MR) is 116 cm³/mol. The lowest BCUT2D eigenvalue weighted by atomic mass is 9.98. The number of anilines is 1. The second kappa shape index (κ2) is 9.28. The lowest BCUT2D eigenvalue weighted by Crippen LogP contribution is -2.32. The van der Waals surface area contributed by atoms with Crippen LogP contribution < -0.4 is 16.6 Å². The van der Waals surface area contributed by atoms with Crippen LogP contribution in [0.25, 0.3) is 5.69 Å². The minimum atomic E-state index is -0.593. The minimum Gasteiger partial charge on any atom is -0.382 e. The fourth-order valence-corrected chi connectivity index (χ4v) is 3.24. The number of hydrogen-bond donors (Lipinski definition) is 2. The summed E-state index contributed by atoms with van der Waals surface area (Å²) >= 11 is 12.4. The van der Waals surface area contributed by atoms with E-state index < -0.39 is 17.4 Å². The van der Waals surface area contributed by atoms with Gasteiger partial charge in [0.2, 0.25) is 5.91 Å². The number of aromatic nitrogens is 2. The maximum absolute atomic E-state index is 13.1. The fourth-order valence-electron chi connectivity index (χ4n) is 2.86. The van der Waals surface area contributed by atoms with Crippen molar-refractivity contribution in [3.8, 4) is 5.69 Å². The molecule has 0 fully saturated rings. The summed E-state index contributed by atoms with van der Waals surface area (Å²) < 4.78 is 14.2. The Balaban J connectivity index is 1.78. The maximum Gasteiger partial charge on any atom is 0.292 e. The topological polar surface area (TPSA) is 90.0 Å². The summed E-state index contributed by atoms with van der Waals surface area (Å²) in [6.45, 7) is 1.98. The molecule has 9 heteroatoms. The van der Waals surface area contributed by atoms with E-state index in [2.05, 4.69) is 10.4 Å². The molecule has 1 amide bonds. The van der Waals surface area contributed by atoms with Crippen LogP contribution >= 0.6 is 23.2 Å². The molecule has 156 valence electrons. The van der Waals surface area contributed by atoms with Crippen molar-refractivity contribution in [3.05, 3.63) is 86.0 Å². The van der Waals surface area contributed by atoms with Crippen molar-refractivity contribution in [2.24, 2.45) is 11.7 Å². The van der Waals surface area contributed by atoms with Crippen LogP contribution in [-0.4, -0.2) is 22.2 Å². The van der Waals surface area contributed by atoms with Gasteiger partial charge in [0, 0.05) is 11.6 Å². The number of hydrogen-bond acceptors (Lipinski definition) is 4. The Bertz CT molecular complexity index is 1130. The lowest BCUT2D eigenvalue weighted by Gasteiger charge is -2.16. The number of amides is 1.